The molecular weight excluding hydrogens is 216 g/mol. The van der Waals surface area contributed by atoms with Crippen LogP contribution in [0.15, 0.2) is 49.1 Å². The fraction of sp³-hybridized carbons (Fsp3) is 0.556. The van der Waals surface area contributed by atoms with Gasteiger partial charge in [0.05, 0.1) is 0 Å². The topological polar surface area (TPSA) is 0 Å². The second-order valence-corrected chi connectivity index (χ2v) is 1.68. The summed E-state index contributed by atoms with van der Waals surface area (Å²) >= 11 is 0. The highest BCUT2D eigenvalue weighted by molar-refractivity contribution is 5.42. The summed E-state index contributed by atoms with van der Waals surface area (Å²) in [6, 6.07) is 0. The van der Waals surface area contributed by atoms with Crippen LogP contribution in [-0.4, -0.2) is 0 Å². The zero-order valence-electron chi connectivity index (χ0n) is 13.9. The van der Waals surface area contributed by atoms with Gasteiger partial charge in [-0.3, -0.25) is 0 Å². The molecule has 0 aliphatic heterocycles. The third kappa shape index (κ3) is 36.3. The third-order valence-electron chi connectivity index (χ3n) is 1.15. The molecular formula is C18H40. The van der Waals surface area contributed by atoms with Gasteiger partial charge in [-0.1, -0.05) is 101 Å². The lowest BCUT2D eigenvalue weighted by molar-refractivity contribution is 1.50. The molecule has 0 spiro atoms. The summed E-state index contributed by atoms with van der Waals surface area (Å²) in [7, 11) is 0. The van der Waals surface area contributed by atoms with Crippen molar-refractivity contribution in [2.24, 2.45) is 0 Å². The van der Waals surface area contributed by atoms with Crippen LogP contribution in [0.1, 0.15) is 69.7 Å². The second kappa shape index (κ2) is 56.4. The molecule has 0 saturated carbocycles. The lowest BCUT2D eigenvalue weighted by Crippen LogP contribution is -1.76. The van der Waals surface area contributed by atoms with Gasteiger partial charge >= 0.3 is 0 Å². The fourth-order valence-electron chi connectivity index (χ4n) is 0.552. The maximum Gasteiger partial charge on any atom is -0.0239 e. The van der Waals surface area contributed by atoms with E-state index in [4.69, 9.17) is 0 Å². The summed E-state index contributed by atoms with van der Waals surface area (Å²) in [5.74, 6) is 0. The third-order valence-corrected chi connectivity index (χ3v) is 1.15. The van der Waals surface area contributed by atoms with E-state index in [1.165, 1.54) is 0 Å². The summed E-state index contributed by atoms with van der Waals surface area (Å²) < 4.78 is 0. The normalized spacial score (nSPS) is 6.61. The molecule has 0 aromatic carbocycles. The van der Waals surface area contributed by atoms with Crippen LogP contribution in [0.3, 0.4) is 0 Å². The molecule has 0 amide bonds. The average Bonchev–Trinajstić information content (AvgIpc) is 2.48. The van der Waals surface area contributed by atoms with Gasteiger partial charge in [-0.15, -0.1) is 0 Å². The molecule has 0 aromatic heterocycles. The van der Waals surface area contributed by atoms with Gasteiger partial charge in [0.1, 0.15) is 0 Å². The SMILES string of the molecule is C.C=CC(=C)/C(C=C)=C\C.CC.CC.CC.CC. The van der Waals surface area contributed by atoms with Gasteiger partial charge in [-0.2, -0.15) is 0 Å². The van der Waals surface area contributed by atoms with E-state index in [2.05, 4.69) is 19.7 Å². The van der Waals surface area contributed by atoms with Crippen LogP contribution in [0.2, 0.25) is 0 Å². The molecule has 0 nitrogen and oxygen atoms in total. The van der Waals surface area contributed by atoms with E-state index < -0.39 is 0 Å². The van der Waals surface area contributed by atoms with E-state index in [0.29, 0.717) is 0 Å². The van der Waals surface area contributed by atoms with Crippen molar-refractivity contribution in [1.82, 2.24) is 0 Å². The Balaban J connectivity index is -0.0000000342. The summed E-state index contributed by atoms with van der Waals surface area (Å²) in [6.45, 7) is 28.9. The minimum absolute atomic E-state index is 0. The molecule has 0 aromatic rings. The van der Waals surface area contributed by atoms with Crippen LogP contribution in [0.25, 0.3) is 0 Å². The largest absolute Gasteiger partial charge is 0.0985 e. The molecule has 0 saturated heterocycles. The Morgan fingerprint density at radius 2 is 1.00 bits per heavy atom. The molecule has 0 aliphatic carbocycles. The van der Waals surface area contributed by atoms with Crippen molar-refractivity contribution in [3.8, 4) is 0 Å². The van der Waals surface area contributed by atoms with Crippen molar-refractivity contribution < 1.29 is 0 Å². The van der Waals surface area contributed by atoms with E-state index >= 15 is 0 Å². The van der Waals surface area contributed by atoms with Gasteiger partial charge in [0.25, 0.3) is 0 Å². The monoisotopic (exact) mass is 256 g/mol. The smallest absolute Gasteiger partial charge is 0.0239 e. The number of rotatable bonds is 3. The second-order valence-electron chi connectivity index (χ2n) is 1.68. The molecule has 0 N–H and O–H groups in total. The van der Waals surface area contributed by atoms with Crippen LogP contribution < -0.4 is 0 Å². The van der Waals surface area contributed by atoms with Crippen molar-refractivity contribution >= 4 is 0 Å². The van der Waals surface area contributed by atoms with Crippen LogP contribution in [0.4, 0.5) is 0 Å². The number of allylic oxidation sites excluding steroid dienone is 5. The zero-order valence-corrected chi connectivity index (χ0v) is 13.9. The van der Waals surface area contributed by atoms with Crippen LogP contribution in [0.5, 0.6) is 0 Å². The highest BCUT2D eigenvalue weighted by atomic mass is 13.9. The molecule has 0 atom stereocenters. The molecule has 0 unspecified atom stereocenters. The first-order valence-corrected chi connectivity index (χ1v) is 6.86. The number of hydrogen-bond acceptors (Lipinski definition) is 0. The van der Waals surface area contributed by atoms with Crippen molar-refractivity contribution in [2.45, 2.75) is 69.7 Å². The van der Waals surface area contributed by atoms with E-state index in [0.717, 1.165) is 11.1 Å². The van der Waals surface area contributed by atoms with Gasteiger partial charge < -0.3 is 0 Å². The maximum absolute atomic E-state index is 3.76. The highest BCUT2D eigenvalue weighted by Gasteiger charge is 1.88. The molecule has 18 heavy (non-hydrogen) atoms. The molecule has 0 heterocycles. The van der Waals surface area contributed by atoms with Gasteiger partial charge in [-0.25, -0.2) is 0 Å². The van der Waals surface area contributed by atoms with Crippen LogP contribution in [0, 0.1) is 0 Å². The number of hydrogen-bond donors (Lipinski definition) is 0. The van der Waals surface area contributed by atoms with Gasteiger partial charge in [0.15, 0.2) is 0 Å². The standard InChI is InChI=1S/C9H12.4C2H6.CH4/c1-5-8(4)9(6-2)7-3;4*1-2;/h5-7H,1-2,4H2,3H3;4*1-2H3;1H4/b9-7-;;;;;. The summed E-state index contributed by atoms with van der Waals surface area (Å²) in [4.78, 5) is 0. The molecule has 0 heteroatoms. The minimum Gasteiger partial charge on any atom is -0.0985 e. The molecule has 0 fully saturated rings. The molecule has 0 bridgehead atoms. The lowest BCUT2D eigenvalue weighted by atomic mass is 10.1. The summed E-state index contributed by atoms with van der Waals surface area (Å²) in [5.41, 5.74) is 1.97. The quantitative estimate of drug-likeness (QED) is 0.456. The van der Waals surface area contributed by atoms with Gasteiger partial charge in [0.2, 0.25) is 0 Å². The molecule has 112 valence electrons. The molecule has 0 aliphatic rings. The first kappa shape index (κ1) is 36.0. The minimum atomic E-state index is 0. The van der Waals surface area contributed by atoms with Gasteiger partial charge in [0, 0.05) is 0 Å². The Labute approximate surface area is 119 Å². The van der Waals surface area contributed by atoms with Crippen molar-refractivity contribution in [3.63, 3.8) is 0 Å². The van der Waals surface area contributed by atoms with Crippen molar-refractivity contribution in [1.29, 1.82) is 0 Å². The fourth-order valence-corrected chi connectivity index (χ4v) is 0.552. The van der Waals surface area contributed by atoms with E-state index in [1.54, 1.807) is 12.2 Å². The maximum atomic E-state index is 3.76. The lowest BCUT2D eigenvalue weighted by Gasteiger charge is -1.96. The summed E-state index contributed by atoms with van der Waals surface area (Å²) in [6.07, 6.45) is 5.44. The Hall–Kier alpha value is -1.04. The van der Waals surface area contributed by atoms with Crippen LogP contribution >= 0.6 is 0 Å². The average molecular weight is 257 g/mol. The molecule has 0 rings (SSSR count). The van der Waals surface area contributed by atoms with Crippen molar-refractivity contribution in [2.75, 3.05) is 0 Å². The Kier molecular flexibility index (Phi) is 113. The highest BCUT2D eigenvalue weighted by Crippen LogP contribution is 2.07. The first-order chi connectivity index (χ1) is 8.26. The Morgan fingerprint density at radius 1 is 0.722 bits per heavy atom. The molecule has 0 radical (unpaired) electrons. The van der Waals surface area contributed by atoms with E-state index in [1.807, 2.05) is 68.4 Å². The van der Waals surface area contributed by atoms with E-state index in [9.17, 15) is 0 Å². The Morgan fingerprint density at radius 3 is 1.06 bits per heavy atom. The van der Waals surface area contributed by atoms with Crippen LogP contribution in [-0.2, 0) is 0 Å². The van der Waals surface area contributed by atoms with Gasteiger partial charge in [-0.05, 0) is 18.1 Å². The summed E-state index contributed by atoms with van der Waals surface area (Å²) in [5, 5.41) is 0. The first-order valence-electron chi connectivity index (χ1n) is 6.86. The Bertz CT molecular complexity index is 159. The zero-order chi connectivity index (χ0) is 15.3. The predicted molar refractivity (Wildman–Crippen MR) is 95.4 cm³/mol. The van der Waals surface area contributed by atoms with Crippen molar-refractivity contribution in [3.05, 3.63) is 49.1 Å². The predicted octanol–water partition coefficient (Wildman–Crippen LogP) is 7.60. The van der Waals surface area contributed by atoms with E-state index in [-0.39, 0.29) is 7.43 Å².